The first kappa shape index (κ1) is 16.2. The topological polar surface area (TPSA) is 86.5 Å². The number of hydrogen-bond donors (Lipinski definition) is 1. The number of hydrogen-bond acceptors (Lipinski definition) is 6. The van der Waals surface area contributed by atoms with E-state index in [2.05, 4.69) is 15.3 Å². The third-order valence-electron chi connectivity index (χ3n) is 3.32. The molecule has 7 nitrogen and oxygen atoms in total. The first-order valence-corrected chi connectivity index (χ1v) is 7.37. The maximum Gasteiger partial charge on any atom is 0.275 e. The van der Waals surface area contributed by atoms with Crippen molar-refractivity contribution in [2.45, 2.75) is 6.61 Å². The van der Waals surface area contributed by atoms with Crippen LogP contribution in [0.5, 0.6) is 5.75 Å². The number of methoxy groups -OCH3 is 2. The van der Waals surface area contributed by atoms with E-state index in [1.54, 1.807) is 19.2 Å². The van der Waals surface area contributed by atoms with Crippen molar-refractivity contribution in [2.24, 2.45) is 0 Å². The molecule has 0 aliphatic carbocycles. The van der Waals surface area contributed by atoms with E-state index in [1.807, 2.05) is 0 Å². The van der Waals surface area contributed by atoms with Gasteiger partial charge >= 0.3 is 0 Å². The highest BCUT2D eigenvalue weighted by atomic mass is 35.5. The number of pyridine rings is 2. The van der Waals surface area contributed by atoms with E-state index in [0.29, 0.717) is 33.2 Å². The molecular weight excluding hydrogens is 334 g/mol. The second-order valence-corrected chi connectivity index (χ2v) is 5.28. The van der Waals surface area contributed by atoms with Crippen LogP contribution in [0.2, 0.25) is 5.02 Å². The van der Waals surface area contributed by atoms with Gasteiger partial charge in [-0.05, 0) is 12.1 Å². The third kappa shape index (κ3) is 3.04. The van der Waals surface area contributed by atoms with Gasteiger partial charge in [-0.1, -0.05) is 11.6 Å². The normalized spacial score (nSPS) is 10.8. The van der Waals surface area contributed by atoms with E-state index in [1.165, 1.54) is 25.7 Å². The standard InChI is InChI=1S/C16H14ClN3O4/c1-22-8-9-5-10-14(19-7-13(23-2)15(10)24-9)16(21)20-12-3-4-18-6-11(12)17/h3-7H,8H2,1-2H3,(H,18,20,21). The molecule has 3 aromatic heterocycles. The molecule has 0 saturated carbocycles. The maximum absolute atomic E-state index is 12.6. The largest absolute Gasteiger partial charge is 0.491 e. The van der Waals surface area contributed by atoms with Crippen LogP contribution in [0.25, 0.3) is 11.0 Å². The monoisotopic (exact) mass is 347 g/mol. The van der Waals surface area contributed by atoms with Gasteiger partial charge in [0.2, 0.25) is 0 Å². The fourth-order valence-corrected chi connectivity index (χ4v) is 2.42. The molecule has 8 heteroatoms. The van der Waals surface area contributed by atoms with E-state index in [0.717, 1.165) is 0 Å². The molecule has 0 fully saturated rings. The summed E-state index contributed by atoms with van der Waals surface area (Å²) in [6, 6.07) is 3.31. The van der Waals surface area contributed by atoms with Gasteiger partial charge in [0.25, 0.3) is 5.91 Å². The van der Waals surface area contributed by atoms with Gasteiger partial charge in [0.15, 0.2) is 11.3 Å². The van der Waals surface area contributed by atoms with Gasteiger partial charge < -0.3 is 19.2 Å². The smallest absolute Gasteiger partial charge is 0.275 e. The molecule has 0 bridgehead atoms. The van der Waals surface area contributed by atoms with E-state index >= 15 is 0 Å². The Hall–Kier alpha value is -2.64. The predicted molar refractivity (Wildman–Crippen MR) is 88.5 cm³/mol. The van der Waals surface area contributed by atoms with Crippen LogP contribution >= 0.6 is 11.6 Å². The summed E-state index contributed by atoms with van der Waals surface area (Å²) in [5, 5.41) is 3.58. The van der Waals surface area contributed by atoms with Gasteiger partial charge in [-0.2, -0.15) is 0 Å². The molecule has 124 valence electrons. The Morgan fingerprint density at radius 3 is 2.92 bits per heavy atom. The molecule has 3 heterocycles. The number of fused-ring (bicyclic) bond motifs is 1. The number of amides is 1. The molecule has 1 N–H and O–H groups in total. The first-order chi connectivity index (χ1) is 11.6. The summed E-state index contributed by atoms with van der Waals surface area (Å²) < 4.78 is 16.0. The number of furan rings is 1. The Balaban J connectivity index is 2.02. The zero-order chi connectivity index (χ0) is 17.1. The van der Waals surface area contributed by atoms with Crippen LogP contribution in [0.1, 0.15) is 16.2 Å². The number of halogens is 1. The zero-order valence-electron chi connectivity index (χ0n) is 13.0. The summed E-state index contributed by atoms with van der Waals surface area (Å²) in [7, 11) is 3.06. The van der Waals surface area contributed by atoms with Crippen LogP contribution in [0.4, 0.5) is 5.69 Å². The summed E-state index contributed by atoms with van der Waals surface area (Å²) in [5.41, 5.74) is 1.08. The number of anilines is 1. The minimum Gasteiger partial charge on any atom is -0.491 e. The van der Waals surface area contributed by atoms with Crippen LogP contribution in [-0.2, 0) is 11.3 Å². The van der Waals surface area contributed by atoms with Gasteiger partial charge in [0.1, 0.15) is 18.1 Å². The minimum atomic E-state index is -0.416. The lowest BCUT2D eigenvalue weighted by atomic mass is 10.2. The highest BCUT2D eigenvalue weighted by molar-refractivity contribution is 6.33. The average molecular weight is 348 g/mol. The molecule has 0 unspecified atom stereocenters. The lowest BCUT2D eigenvalue weighted by Crippen LogP contribution is -2.14. The molecule has 24 heavy (non-hydrogen) atoms. The molecule has 0 aliphatic rings. The lowest BCUT2D eigenvalue weighted by Gasteiger charge is -2.07. The molecule has 3 rings (SSSR count). The van der Waals surface area contributed by atoms with Crippen molar-refractivity contribution in [1.82, 2.24) is 9.97 Å². The molecule has 0 spiro atoms. The summed E-state index contributed by atoms with van der Waals surface area (Å²) >= 11 is 6.01. The number of nitrogens with one attached hydrogen (secondary N) is 1. The number of ether oxygens (including phenoxy) is 2. The van der Waals surface area contributed by atoms with Crippen molar-refractivity contribution in [3.8, 4) is 5.75 Å². The second-order valence-electron chi connectivity index (χ2n) is 4.87. The molecule has 0 saturated heterocycles. The summed E-state index contributed by atoms with van der Waals surface area (Å²) in [4.78, 5) is 20.6. The Bertz CT molecular complexity index is 894. The van der Waals surface area contributed by atoms with Crippen LogP contribution in [0.3, 0.4) is 0 Å². The van der Waals surface area contributed by atoms with Crippen molar-refractivity contribution in [3.05, 3.63) is 47.2 Å². The van der Waals surface area contributed by atoms with Crippen molar-refractivity contribution >= 4 is 34.2 Å². The molecule has 1 amide bonds. The van der Waals surface area contributed by atoms with Crippen LogP contribution in [0.15, 0.2) is 35.1 Å². The molecule has 0 radical (unpaired) electrons. The van der Waals surface area contributed by atoms with Crippen LogP contribution in [0, 0.1) is 0 Å². The van der Waals surface area contributed by atoms with E-state index < -0.39 is 5.91 Å². The lowest BCUT2D eigenvalue weighted by molar-refractivity contribution is 0.102. The highest BCUT2D eigenvalue weighted by Gasteiger charge is 2.19. The molecule has 0 atom stereocenters. The van der Waals surface area contributed by atoms with Gasteiger partial charge in [-0.3, -0.25) is 9.78 Å². The van der Waals surface area contributed by atoms with Gasteiger partial charge in [-0.15, -0.1) is 0 Å². The third-order valence-corrected chi connectivity index (χ3v) is 3.62. The molecule has 0 aromatic carbocycles. The van der Waals surface area contributed by atoms with E-state index in [4.69, 9.17) is 25.5 Å². The van der Waals surface area contributed by atoms with Gasteiger partial charge in [-0.25, -0.2) is 4.98 Å². The number of aromatic nitrogens is 2. The van der Waals surface area contributed by atoms with Crippen molar-refractivity contribution < 1.29 is 18.7 Å². The fourth-order valence-electron chi connectivity index (χ4n) is 2.25. The quantitative estimate of drug-likeness (QED) is 0.762. The molecule has 3 aromatic rings. The summed E-state index contributed by atoms with van der Waals surface area (Å²) in [6.45, 7) is 0.273. The average Bonchev–Trinajstić information content (AvgIpc) is 3.00. The number of carbonyl (C=O) groups is 1. The molecule has 0 aliphatic heterocycles. The van der Waals surface area contributed by atoms with E-state index in [-0.39, 0.29) is 12.3 Å². The summed E-state index contributed by atoms with van der Waals surface area (Å²) in [5.74, 6) is 0.584. The van der Waals surface area contributed by atoms with Crippen LogP contribution in [-0.4, -0.2) is 30.1 Å². The summed E-state index contributed by atoms with van der Waals surface area (Å²) in [6.07, 6.45) is 4.42. The van der Waals surface area contributed by atoms with Crippen molar-refractivity contribution in [3.63, 3.8) is 0 Å². The fraction of sp³-hybridized carbons (Fsp3) is 0.188. The number of nitrogens with zero attached hydrogens (tertiary/aromatic N) is 2. The SMILES string of the molecule is COCc1cc2c(C(=O)Nc3ccncc3Cl)ncc(OC)c2o1. The molecular formula is C16H14ClN3O4. The Kier molecular flexibility index (Phi) is 4.64. The second kappa shape index (κ2) is 6.86. The maximum atomic E-state index is 12.6. The zero-order valence-corrected chi connectivity index (χ0v) is 13.8. The predicted octanol–water partition coefficient (Wildman–Crippen LogP) is 3.28. The Morgan fingerprint density at radius 2 is 2.21 bits per heavy atom. The number of rotatable bonds is 5. The van der Waals surface area contributed by atoms with Crippen molar-refractivity contribution in [1.29, 1.82) is 0 Å². The highest BCUT2D eigenvalue weighted by Crippen LogP contribution is 2.31. The van der Waals surface area contributed by atoms with E-state index in [9.17, 15) is 4.79 Å². The Morgan fingerprint density at radius 1 is 1.38 bits per heavy atom. The number of carbonyl (C=O) groups excluding carboxylic acids is 1. The minimum absolute atomic E-state index is 0.199. The van der Waals surface area contributed by atoms with Gasteiger partial charge in [0, 0.05) is 19.5 Å². The van der Waals surface area contributed by atoms with Crippen molar-refractivity contribution in [2.75, 3.05) is 19.5 Å². The Labute approximate surface area is 142 Å². The van der Waals surface area contributed by atoms with Crippen LogP contribution < -0.4 is 10.1 Å². The van der Waals surface area contributed by atoms with Gasteiger partial charge in [0.05, 0.1) is 29.4 Å². The first-order valence-electron chi connectivity index (χ1n) is 6.99.